The minimum absolute atomic E-state index is 0.0825. The molecule has 0 spiro atoms. The highest BCUT2D eigenvalue weighted by Crippen LogP contribution is 2.20. The monoisotopic (exact) mass is 368 g/mol. The predicted molar refractivity (Wildman–Crippen MR) is 102 cm³/mol. The average Bonchev–Trinajstić information content (AvgIpc) is 3.14. The zero-order chi connectivity index (χ0) is 18.4. The highest BCUT2D eigenvalue weighted by molar-refractivity contribution is 7.16. The fraction of sp³-hybridized carbons (Fsp3) is 0.250. The van der Waals surface area contributed by atoms with Gasteiger partial charge in [-0.2, -0.15) is 0 Å². The first-order valence-corrected chi connectivity index (χ1v) is 9.40. The summed E-state index contributed by atoms with van der Waals surface area (Å²) in [7, 11) is 0. The predicted octanol–water partition coefficient (Wildman–Crippen LogP) is 4.11. The van der Waals surface area contributed by atoms with Crippen molar-refractivity contribution in [2.45, 2.75) is 25.8 Å². The zero-order valence-corrected chi connectivity index (χ0v) is 15.3. The Morgan fingerprint density at radius 1 is 1.19 bits per heavy atom. The first-order chi connectivity index (χ1) is 12.7. The van der Waals surface area contributed by atoms with Crippen LogP contribution in [-0.4, -0.2) is 23.5 Å². The molecule has 0 radical (unpaired) electrons. The van der Waals surface area contributed by atoms with E-state index in [9.17, 15) is 9.59 Å². The maximum atomic E-state index is 12.2. The Hall–Kier alpha value is -2.73. The summed E-state index contributed by atoms with van der Waals surface area (Å²) in [5.41, 5.74) is 4.03. The van der Waals surface area contributed by atoms with Gasteiger partial charge in [-0.3, -0.25) is 4.79 Å². The first kappa shape index (κ1) is 18.1. The van der Waals surface area contributed by atoms with Crippen LogP contribution in [0, 0.1) is 0 Å². The van der Waals surface area contributed by atoms with Gasteiger partial charge in [-0.05, 0) is 30.2 Å². The van der Waals surface area contributed by atoms with E-state index < -0.39 is 5.97 Å². The quantitative estimate of drug-likeness (QED) is 0.637. The Balaban J connectivity index is 1.57. The minimum Gasteiger partial charge on any atom is -0.452 e. The number of nitrogens with one attached hydrogen (secondary N) is 1. The lowest BCUT2D eigenvalue weighted by Gasteiger charge is -2.18. The van der Waals surface area contributed by atoms with E-state index >= 15 is 0 Å². The standard InChI is InChI=1S/C20H20N2O3S/c1-2-6-16(14-7-4-3-5-8-14)22-19(23)12-25-20(24)15-9-10-17-18(11-15)26-13-21-17/h3-5,7-11,13,16H,2,6,12H2,1H3,(H,22,23)/t16-/m0/s1. The van der Waals surface area contributed by atoms with Gasteiger partial charge in [-0.25, -0.2) is 9.78 Å². The van der Waals surface area contributed by atoms with Gasteiger partial charge in [0.25, 0.3) is 5.91 Å². The van der Waals surface area contributed by atoms with Crippen LogP contribution >= 0.6 is 11.3 Å². The highest BCUT2D eigenvalue weighted by atomic mass is 32.1. The lowest BCUT2D eigenvalue weighted by Crippen LogP contribution is -2.32. The van der Waals surface area contributed by atoms with Gasteiger partial charge >= 0.3 is 5.97 Å². The number of carbonyl (C=O) groups is 2. The van der Waals surface area contributed by atoms with Gasteiger partial charge in [0.15, 0.2) is 6.61 Å². The second kappa shape index (κ2) is 8.58. The van der Waals surface area contributed by atoms with Crippen LogP contribution < -0.4 is 5.32 Å². The molecule has 1 N–H and O–H groups in total. The van der Waals surface area contributed by atoms with E-state index in [-0.39, 0.29) is 18.6 Å². The largest absolute Gasteiger partial charge is 0.452 e. The van der Waals surface area contributed by atoms with Crippen molar-refractivity contribution in [3.8, 4) is 0 Å². The molecule has 134 valence electrons. The molecule has 6 heteroatoms. The summed E-state index contributed by atoms with van der Waals surface area (Å²) >= 11 is 1.46. The fourth-order valence-electron chi connectivity index (χ4n) is 2.73. The van der Waals surface area contributed by atoms with Crippen molar-refractivity contribution in [2.75, 3.05) is 6.61 Å². The fourth-order valence-corrected chi connectivity index (χ4v) is 3.45. The summed E-state index contributed by atoms with van der Waals surface area (Å²) in [6, 6.07) is 14.9. The molecular weight excluding hydrogens is 348 g/mol. The molecule has 3 aromatic rings. The molecule has 3 rings (SSSR count). The number of fused-ring (bicyclic) bond motifs is 1. The number of rotatable bonds is 7. The summed E-state index contributed by atoms with van der Waals surface area (Å²) < 4.78 is 6.08. The van der Waals surface area contributed by atoms with Crippen molar-refractivity contribution in [2.24, 2.45) is 0 Å². The van der Waals surface area contributed by atoms with E-state index in [4.69, 9.17) is 4.74 Å². The Morgan fingerprint density at radius 3 is 2.77 bits per heavy atom. The molecule has 0 aliphatic carbocycles. The van der Waals surface area contributed by atoms with E-state index in [1.54, 1.807) is 23.7 Å². The Kier molecular flexibility index (Phi) is 5.96. The minimum atomic E-state index is -0.512. The van der Waals surface area contributed by atoms with Crippen LogP contribution in [0.25, 0.3) is 10.2 Å². The third-order valence-electron chi connectivity index (χ3n) is 4.02. The van der Waals surface area contributed by atoms with Gasteiger partial charge in [0, 0.05) is 0 Å². The molecule has 1 atom stereocenters. The molecule has 0 aliphatic rings. The van der Waals surface area contributed by atoms with Gasteiger partial charge in [-0.1, -0.05) is 43.7 Å². The second-order valence-corrected chi connectivity index (χ2v) is 6.82. The third-order valence-corrected chi connectivity index (χ3v) is 4.81. The number of thiazole rings is 1. The number of nitrogens with zero attached hydrogens (tertiary/aromatic N) is 1. The smallest absolute Gasteiger partial charge is 0.338 e. The van der Waals surface area contributed by atoms with Crippen LogP contribution in [-0.2, 0) is 9.53 Å². The lowest BCUT2D eigenvalue weighted by molar-refractivity contribution is -0.125. The van der Waals surface area contributed by atoms with E-state index in [0.29, 0.717) is 5.56 Å². The van der Waals surface area contributed by atoms with Gasteiger partial charge < -0.3 is 10.1 Å². The van der Waals surface area contributed by atoms with E-state index in [0.717, 1.165) is 28.6 Å². The molecule has 0 aliphatic heterocycles. The van der Waals surface area contributed by atoms with Crippen LogP contribution in [0.3, 0.4) is 0 Å². The number of benzene rings is 2. The topological polar surface area (TPSA) is 68.3 Å². The van der Waals surface area contributed by atoms with Crippen molar-refractivity contribution in [3.05, 3.63) is 65.2 Å². The van der Waals surface area contributed by atoms with Crippen molar-refractivity contribution in [3.63, 3.8) is 0 Å². The van der Waals surface area contributed by atoms with Crippen LogP contribution in [0.2, 0.25) is 0 Å². The maximum absolute atomic E-state index is 12.2. The van der Waals surface area contributed by atoms with Crippen LogP contribution in [0.5, 0.6) is 0 Å². The Bertz CT molecular complexity index is 892. The summed E-state index contributed by atoms with van der Waals surface area (Å²) in [6.45, 7) is 1.77. The summed E-state index contributed by atoms with van der Waals surface area (Å²) in [5.74, 6) is -0.818. The van der Waals surface area contributed by atoms with Crippen molar-refractivity contribution in [1.82, 2.24) is 10.3 Å². The first-order valence-electron chi connectivity index (χ1n) is 8.52. The molecule has 26 heavy (non-hydrogen) atoms. The number of carbonyl (C=O) groups excluding carboxylic acids is 2. The van der Waals surface area contributed by atoms with Gasteiger partial charge in [0.1, 0.15) is 0 Å². The third kappa shape index (κ3) is 4.46. The van der Waals surface area contributed by atoms with Crippen LogP contribution in [0.4, 0.5) is 0 Å². The number of aromatic nitrogens is 1. The maximum Gasteiger partial charge on any atom is 0.338 e. The molecule has 1 aromatic heterocycles. The molecule has 1 amide bonds. The number of esters is 1. The van der Waals surface area contributed by atoms with Crippen molar-refractivity contribution in [1.29, 1.82) is 0 Å². The Morgan fingerprint density at radius 2 is 2.00 bits per heavy atom. The lowest BCUT2D eigenvalue weighted by atomic mass is 10.0. The van der Waals surface area contributed by atoms with Gasteiger partial charge in [0.05, 0.1) is 27.3 Å². The van der Waals surface area contributed by atoms with Gasteiger partial charge in [-0.15, -0.1) is 11.3 Å². The number of hydrogen-bond acceptors (Lipinski definition) is 5. The number of ether oxygens (including phenoxy) is 1. The summed E-state index contributed by atoms with van der Waals surface area (Å²) in [6.07, 6.45) is 1.76. The average molecular weight is 368 g/mol. The summed E-state index contributed by atoms with van der Waals surface area (Å²) in [4.78, 5) is 28.6. The SMILES string of the molecule is CCC[C@H](NC(=O)COC(=O)c1ccc2ncsc2c1)c1ccccc1. The van der Waals surface area contributed by atoms with Crippen molar-refractivity contribution >= 4 is 33.4 Å². The van der Waals surface area contributed by atoms with Crippen LogP contribution in [0.15, 0.2) is 54.0 Å². The Labute approximate surface area is 156 Å². The molecule has 0 saturated carbocycles. The second-order valence-electron chi connectivity index (χ2n) is 5.93. The molecule has 0 unspecified atom stereocenters. The number of amides is 1. The van der Waals surface area contributed by atoms with Gasteiger partial charge in [0.2, 0.25) is 0 Å². The van der Waals surface area contributed by atoms with Crippen molar-refractivity contribution < 1.29 is 14.3 Å². The normalized spacial score (nSPS) is 11.9. The van der Waals surface area contributed by atoms with E-state index in [1.165, 1.54) is 11.3 Å². The zero-order valence-electron chi connectivity index (χ0n) is 14.5. The van der Waals surface area contributed by atoms with Crippen LogP contribution in [0.1, 0.15) is 41.7 Å². The molecule has 1 heterocycles. The number of hydrogen-bond donors (Lipinski definition) is 1. The molecule has 0 fully saturated rings. The van der Waals surface area contributed by atoms with E-state index in [1.807, 2.05) is 30.3 Å². The van der Waals surface area contributed by atoms with E-state index in [2.05, 4.69) is 17.2 Å². The molecule has 2 aromatic carbocycles. The molecule has 0 saturated heterocycles. The highest BCUT2D eigenvalue weighted by Gasteiger charge is 2.16. The molecule has 5 nitrogen and oxygen atoms in total. The molecule has 0 bridgehead atoms. The molecular formula is C20H20N2O3S. The summed E-state index contributed by atoms with van der Waals surface area (Å²) in [5, 5.41) is 2.94.